The lowest BCUT2D eigenvalue weighted by Gasteiger charge is -2.31. The van der Waals surface area contributed by atoms with Crippen molar-refractivity contribution in [3.8, 4) is 5.75 Å². The van der Waals surface area contributed by atoms with Crippen molar-refractivity contribution in [3.05, 3.63) is 106 Å². The van der Waals surface area contributed by atoms with Crippen molar-refractivity contribution in [2.45, 2.75) is 32.0 Å². The Kier molecular flexibility index (Phi) is 7.79. The van der Waals surface area contributed by atoms with Gasteiger partial charge in [0.2, 0.25) is 5.91 Å². The fourth-order valence-corrected chi connectivity index (χ4v) is 5.46. The Labute approximate surface area is 217 Å². The zero-order chi connectivity index (χ0) is 24.7. The number of hydrogen-bond donors (Lipinski definition) is 0. The number of likely N-dealkylation sites (tertiary alicyclic amines) is 1. The van der Waals surface area contributed by atoms with Gasteiger partial charge < -0.3 is 9.64 Å². The van der Waals surface area contributed by atoms with Gasteiger partial charge in [-0.05, 0) is 58.6 Å². The molecule has 0 N–H and O–H groups in total. The number of amides is 1. The van der Waals surface area contributed by atoms with Gasteiger partial charge in [-0.15, -0.1) is 11.3 Å². The third-order valence-electron chi connectivity index (χ3n) is 6.66. The lowest BCUT2D eigenvalue weighted by molar-refractivity contribution is -0.127. The molecule has 0 radical (unpaired) electrons. The van der Waals surface area contributed by atoms with Gasteiger partial charge in [0.1, 0.15) is 11.9 Å². The maximum Gasteiger partial charge on any atom is 0.246 e. The first-order chi connectivity index (χ1) is 17.6. The molecule has 1 aromatic heterocycles. The van der Waals surface area contributed by atoms with Gasteiger partial charge in [-0.3, -0.25) is 9.69 Å². The van der Waals surface area contributed by atoms with Gasteiger partial charge in [-0.25, -0.2) is 0 Å². The van der Waals surface area contributed by atoms with Gasteiger partial charge in [0, 0.05) is 50.0 Å². The van der Waals surface area contributed by atoms with Crippen LogP contribution in [0, 0.1) is 0 Å². The van der Waals surface area contributed by atoms with Crippen molar-refractivity contribution >= 4 is 34.1 Å². The van der Waals surface area contributed by atoms with Crippen LogP contribution in [0.15, 0.2) is 90.3 Å². The predicted octanol–water partition coefficient (Wildman–Crippen LogP) is 6.62. The molecule has 4 nitrogen and oxygen atoms in total. The zero-order valence-corrected chi connectivity index (χ0v) is 21.5. The summed E-state index contributed by atoms with van der Waals surface area (Å²) in [4.78, 5) is 17.9. The molecule has 0 atom stereocenters. The maximum absolute atomic E-state index is 12.5. The molecule has 5 rings (SSSR count). The summed E-state index contributed by atoms with van der Waals surface area (Å²) >= 11 is 1.64. The Morgan fingerprint density at radius 3 is 2.64 bits per heavy atom. The summed E-state index contributed by atoms with van der Waals surface area (Å²) in [6, 6.07) is 27.5. The van der Waals surface area contributed by atoms with Crippen LogP contribution in [-0.2, 0) is 17.9 Å². The molecule has 3 aromatic carbocycles. The monoisotopic (exact) mass is 496 g/mol. The van der Waals surface area contributed by atoms with Crippen molar-refractivity contribution in [3.63, 3.8) is 0 Å². The molecule has 36 heavy (non-hydrogen) atoms. The van der Waals surface area contributed by atoms with Crippen LogP contribution in [0.5, 0.6) is 5.75 Å². The Hall–Kier alpha value is -3.41. The second-order valence-electron chi connectivity index (χ2n) is 9.45. The van der Waals surface area contributed by atoms with Crippen molar-refractivity contribution < 1.29 is 9.53 Å². The normalized spacial score (nSPS) is 14.7. The summed E-state index contributed by atoms with van der Waals surface area (Å²) in [7, 11) is 2.16. The number of nitrogens with zero attached hydrogens (tertiary/aromatic N) is 2. The highest BCUT2D eigenvalue weighted by Gasteiger charge is 2.23. The Morgan fingerprint density at radius 2 is 1.81 bits per heavy atom. The van der Waals surface area contributed by atoms with E-state index in [2.05, 4.69) is 72.6 Å². The molecule has 1 aliphatic rings. The summed E-state index contributed by atoms with van der Waals surface area (Å²) in [5, 5.41) is 4.62. The van der Waals surface area contributed by atoms with E-state index in [0.29, 0.717) is 0 Å². The van der Waals surface area contributed by atoms with E-state index in [9.17, 15) is 4.79 Å². The summed E-state index contributed by atoms with van der Waals surface area (Å²) in [6.45, 7) is 3.20. The van der Waals surface area contributed by atoms with Crippen LogP contribution in [0.3, 0.4) is 0 Å². The second kappa shape index (κ2) is 11.5. The molecule has 184 valence electrons. The Bertz CT molecular complexity index is 1320. The topological polar surface area (TPSA) is 32.8 Å². The molecule has 2 heterocycles. The third-order valence-corrected chi connectivity index (χ3v) is 7.50. The molecular weight excluding hydrogens is 464 g/mol. The molecule has 1 saturated heterocycles. The number of piperidine rings is 1. The van der Waals surface area contributed by atoms with E-state index in [0.717, 1.165) is 49.6 Å². The van der Waals surface area contributed by atoms with E-state index in [1.807, 2.05) is 34.6 Å². The number of fused-ring (bicyclic) bond motifs is 1. The van der Waals surface area contributed by atoms with Crippen LogP contribution in [0.2, 0.25) is 0 Å². The van der Waals surface area contributed by atoms with Gasteiger partial charge in [-0.1, -0.05) is 60.7 Å². The molecule has 1 amide bonds. The third kappa shape index (κ3) is 6.23. The average Bonchev–Trinajstić information content (AvgIpc) is 3.42. The standard InChI is InChI=1S/C31H32N2O2S/c1-32(23-26-10-5-9-25-8-2-3-13-30(25)26)22-24-7-4-11-28(21-24)35-27-16-18-33(19-17-27)31(34)15-14-29-12-6-20-36-29/h2-15,20-21,27H,16-19,22-23H2,1H3/b15-14+. The van der Waals surface area contributed by atoms with Crippen LogP contribution in [0.1, 0.15) is 28.8 Å². The minimum atomic E-state index is 0.0816. The molecule has 5 heteroatoms. The predicted molar refractivity (Wildman–Crippen MR) is 149 cm³/mol. The summed E-state index contributed by atoms with van der Waals surface area (Å²) in [5.41, 5.74) is 2.58. The number of rotatable bonds is 8. The highest BCUT2D eigenvalue weighted by Crippen LogP contribution is 2.23. The van der Waals surface area contributed by atoms with E-state index in [1.54, 1.807) is 17.4 Å². The van der Waals surface area contributed by atoms with Crippen LogP contribution in [-0.4, -0.2) is 41.9 Å². The lowest BCUT2D eigenvalue weighted by Crippen LogP contribution is -2.41. The van der Waals surface area contributed by atoms with Crippen LogP contribution < -0.4 is 4.74 Å². The molecule has 4 aromatic rings. The second-order valence-corrected chi connectivity index (χ2v) is 10.4. The summed E-state index contributed by atoms with van der Waals surface area (Å²) in [6.07, 6.45) is 5.43. The number of hydrogen-bond acceptors (Lipinski definition) is 4. The Balaban J connectivity index is 1.13. The number of carbonyl (C=O) groups is 1. The summed E-state index contributed by atoms with van der Waals surface area (Å²) in [5.74, 6) is 0.992. The largest absolute Gasteiger partial charge is 0.490 e. The SMILES string of the molecule is CN(Cc1cccc(OC2CCN(C(=O)/C=C/c3cccs3)CC2)c1)Cc1cccc2ccccc12. The van der Waals surface area contributed by atoms with E-state index in [-0.39, 0.29) is 12.0 Å². The van der Waals surface area contributed by atoms with Crippen molar-refractivity contribution in [2.75, 3.05) is 20.1 Å². The molecule has 0 aliphatic carbocycles. The molecule has 0 saturated carbocycles. The van der Waals surface area contributed by atoms with Crippen LogP contribution >= 0.6 is 11.3 Å². The first-order valence-corrected chi connectivity index (χ1v) is 13.4. The van der Waals surface area contributed by atoms with Crippen LogP contribution in [0.4, 0.5) is 0 Å². The van der Waals surface area contributed by atoms with E-state index < -0.39 is 0 Å². The van der Waals surface area contributed by atoms with Gasteiger partial charge in [0.25, 0.3) is 0 Å². The van der Waals surface area contributed by atoms with Gasteiger partial charge in [0.15, 0.2) is 0 Å². The van der Waals surface area contributed by atoms with E-state index >= 15 is 0 Å². The number of carbonyl (C=O) groups excluding carboxylic acids is 1. The van der Waals surface area contributed by atoms with Crippen LogP contribution in [0.25, 0.3) is 16.8 Å². The molecule has 0 bridgehead atoms. The molecule has 0 unspecified atom stereocenters. The van der Waals surface area contributed by atoms with E-state index in [1.165, 1.54) is 21.9 Å². The molecule has 0 spiro atoms. The fourth-order valence-electron chi connectivity index (χ4n) is 4.84. The molecule has 1 fully saturated rings. The van der Waals surface area contributed by atoms with Gasteiger partial charge >= 0.3 is 0 Å². The quantitative estimate of drug-likeness (QED) is 0.257. The fraction of sp³-hybridized carbons (Fsp3) is 0.258. The van der Waals surface area contributed by atoms with Crippen molar-refractivity contribution in [2.24, 2.45) is 0 Å². The van der Waals surface area contributed by atoms with Gasteiger partial charge in [0.05, 0.1) is 0 Å². The first kappa shape index (κ1) is 24.3. The minimum Gasteiger partial charge on any atom is -0.490 e. The number of thiophene rings is 1. The minimum absolute atomic E-state index is 0.0816. The summed E-state index contributed by atoms with van der Waals surface area (Å²) < 4.78 is 6.33. The lowest BCUT2D eigenvalue weighted by atomic mass is 10.0. The molecule has 1 aliphatic heterocycles. The zero-order valence-electron chi connectivity index (χ0n) is 20.7. The highest BCUT2D eigenvalue weighted by atomic mass is 32.1. The Morgan fingerprint density at radius 1 is 1.00 bits per heavy atom. The number of benzene rings is 3. The maximum atomic E-state index is 12.5. The van der Waals surface area contributed by atoms with Crippen molar-refractivity contribution in [1.82, 2.24) is 9.80 Å². The number of ether oxygens (including phenoxy) is 1. The van der Waals surface area contributed by atoms with E-state index in [4.69, 9.17) is 4.74 Å². The first-order valence-electron chi connectivity index (χ1n) is 12.6. The average molecular weight is 497 g/mol. The van der Waals surface area contributed by atoms with Crippen molar-refractivity contribution in [1.29, 1.82) is 0 Å². The highest BCUT2D eigenvalue weighted by molar-refractivity contribution is 7.10. The molecular formula is C31H32N2O2S. The smallest absolute Gasteiger partial charge is 0.246 e. The van der Waals surface area contributed by atoms with Gasteiger partial charge in [-0.2, -0.15) is 0 Å².